The summed E-state index contributed by atoms with van der Waals surface area (Å²) in [6, 6.07) is 10.3. The van der Waals surface area contributed by atoms with E-state index in [0.717, 1.165) is 42.7 Å². The fourth-order valence-corrected chi connectivity index (χ4v) is 5.34. The van der Waals surface area contributed by atoms with Crippen molar-refractivity contribution in [1.29, 1.82) is 0 Å². The molecule has 0 radical (unpaired) electrons. The van der Waals surface area contributed by atoms with Crippen LogP contribution in [-0.4, -0.2) is 56.9 Å². The maximum atomic E-state index is 12.8. The molecular formula is C26H33N5O2. The molecule has 7 heteroatoms. The van der Waals surface area contributed by atoms with Crippen molar-refractivity contribution in [3.05, 3.63) is 59.5 Å². The summed E-state index contributed by atoms with van der Waals surface area (Å²) >= 11 is 0. The van der Waals surface area contributed by atoms with E-state index in [-0.39, 0.29) is 19.1 Å². The monoisotopic (exact) mass is 447 g/mol. The molecule has 1 amide bonds. The van der Waals surface area contributed by atoms with Crippen LogP contribution in [0.3, 0.4) is 0 Å². The van der Waals surface area contributed by atoms with Crippen molar-refractivity contribution in [2.75, 3.05) is 26.2 Å². The SMILES string of the molecule is O=C(NCCO)c1cc([C@@H]2CCN(Cc3cnn(C4CCCCC4)c3)C2)nc2ccccc12. The Morgan fingerprint density at radius 3 is 2.85 bits per heavy atom. The lowest BCUT2D eigenvalue weighted by Gasteiger charge is -2.21. The standard InChI is InChI=1S/C26H33N5O2/c32-13-11-27-26(33)23-14-25(29-24-9-5-4-8-22(23)24)20-10-12-30(18-20)16-19-15-28-31(17-19)21-6-2-1-3-7-21/h4-5,8-9,14-15,17,20-21,32H,1-3,6-7,10-13,16,18H2,(H,27,33)/t20-/m1/s1. The number of benzene rings is 1. The molecule has 1 aliphatic carbocycles. The van der Waals surface area contributed by atoms with Gasteiger partial charge in [-0.25, -0.2) is 0 Å². The molecule has 1 aliphatic heterocycles. The van der Waals surface area contributed by atoms with E-state index in [2.05, 4.69) is 26.2 Å². The summed E-state index contributed by atoms with van der Waals surface area (Å²) in [4.78, 5) is 20.1. The van der Waals surface area contributed by atoms with Gasteiger partial charge in [0.25, 0.3) is 5.91 Å². The minimum absolute atomic E-state index is 0.0729. The minimum Gasteiger partial charge on any atom is -0.395 e. The number of aliphatic hydroxyl groups excluding tert-OH is 1. The van der Waals surface area contributed by atoms with Gasteiger partial charge in [-0.15, -0.1) is 0 Å². The summed E-state index contributed by atoms with van der Waals surface area (Å²) in [6.07, 6.45) is 11.8. The number of likely N-dealkylation sites (tertiary alicyclic amines) is 1. The second-order valence-electron chi connectivity index (χ2n) is 9.43. The van der Waals surface area contributed by atoms with Crippen LogP contribution in [0.5, 0.6) is 0 Å². The molecule has 0 spiro atoms. The molecule has 0 bridgehead atoms. The largest absolute Gasteiger partial charge is 0.395 e. The van der Waals surface area contributed by atoms with Crippen LogP contribution in [0.4, 0.5) is 0 Å². The van der Waals surface area contributed by atoms with Crippen LogP contribution in [-0.2, 0) is 6.54 Å². The minimum atomic E-state index is -0.158. The molecule has 1 saturated heterocycles. The van der Waals surface area contributed by atoms with Crippen molar-refractivity contribution in [2.24, 2.45) is 0 Å². The molecule has 2 aliphatic rings. The van der Waals surface area contributed by atoms with E-state index < -0.39 is 0 Å². The maximum Gasteiger partial charge on any atom is 0.252 e. The average Bonchev–Trinajstić information content (AvgIpc) is 3.52. The Bertz CT molecular complexity index is 1110. The van der Waals surface area contributed by atoms with Crippen LogP contribution in [0.25, 0.3) is 10.9 Å². The molecule has 2 N–H and O–H groups in total. The van der Waals surface area contributed by atoms with Crippen LogP contribution in [0.15, 0.2) is 42.7 Å². The number of carbonyl (C=O) groups is 1. The highest BCUT2D eigenvalue weighted by Gasteiger charge is 2.27. The van der Waals surface area contributed by atoms with Crippen molar-refractivity contribution < 1.29 is 9.90 Å². The van der Waals surface area contributed by atoms with E-state index in [0.29, 0.717) is 17.5 Å². The van der Waals surface area contributed by atoms with E-state index in [9.17, 15) is 4.79 Å². The Morgan fingerprint density at radius 1 is 1.15 bits per heavy atom. The van der Waals surface area contributed by atoms with E-state index >= 15 is 0 Å². The Hall–Kier alpha value is -2.77. The fraction of sp³-hybridized carbons (Fsp3) is 0.500. The molecule has 5 rings (SSSR count). The smallest absolute Gasteiger partial charge is 0.252 e. The number of fused-ring (bicyclic) bond motifs is 1. The van der Waals surface area contributed by atoms with Gasteiger partial charge < -0.3 is 10.4 Å². The molecule has 3 aromatic rings. The number of amides is 1. The lowest BCUT2D eigenvalue weighted by molar-refractivity contribution is 0.0946. The molecule has 174 valence electrons. The second-order valence-corrected chi connectivity index (χ2v) is 9.43. The van der Waals surface area contributed by atoms with Crippen LogP contribution >= 0.6 is 0 Å². The van der Waals surface area contributed by atoms with Gasteiger partial charge in [0.2, 0.25) is 0 Å². The summed E-state index contributed by atoms with van der Waals surface area (Å²) in [5.41, 5.74) is 3.73. The van der Waals surface area contributed by atoms with Gasteiger partial charge in [0.05, 0.1) is 29.9 Å². The molecule has 7 nitrogen and oxygen atoms in total. The summed E-state index contributed by atoms with van der Waals surface area (Å²) in [5, 5.41) is 17.4. The Balaban J connectivity index is 1.29. The molecular weight excluding hydrogens is 414 g/mol. The topological polar surface area (TPSA) is 83.3 Å². The molecule has 33 heavy (non-hydrogen) atoms. The number of aliphatic hydroxyl groups is 1. The summed E-state index contributed by atoms with van der Waals surface area (Å²) in [5.74, 6) is 0.140. The lowest BCUT2D eigenvalue weighted by Crippen LogP contribution is -2.27. The van der Waals surface area contributed by atoms with Crippen LogP contribution < -0.4 is 5.32 Å². The van der Waals surface area contributed by atoms with Crippen molar-refractivity contribution >= 4 is 16.8 Å². The van der Waals surface area contributed by atoms with E-state index in [1.54, 1.807) is 0 Å². The molecule has 0 unspecified atom stereocenters. The highest BCUT2D eigenvalue weighted by atomic mass is 16.3. The van der Waals surface area contributed by atoms with Gasteiger partial charge >= 0.3 is 0 Å². The van der Waals surface area contributed by atoms with Crippen LogP contribution in [0.1, 0.15) is 72.1 Å². The number of nitrogens with one attached hydrogen (secondary N) is 1. The van der Waals surface area contributed by atoms with Gasteiger partial charge in [-0.3, -0.25) is 19.4 Å². The zero-order chi connectivity index (χ0) is 22.6. The van der Waals surface area contributed by atoms with Crippen molar-refractivity contribution in [1.82, 2.24) is 25.0 Å². The van der Waals surface area contributed by atoms with E-state index in [1.165, 1.54) is 37.7 Å². The van der Waals surface area contributed by atoms with Crippen LogP contribution in [0.2, 0.25) is 0 Å². The van der Waals surface area contributed by atoms with Gasteiger partial charge in [-0.1, -0.05) is 37.5 Å². The molecule has 3 heterocycles. The zero-order valence-electron chi connectivity index (χ0n) is 19.1. The lowest BCUT2D eigenvalue weighted by atomic mass is 9.96. The first-order chi connectivity index (χ1) is 16.2. The average molecular weight is 448 g/mol. The van der Waals surface area contributed by atoms with Gasteiger partial charge in [-0.2, -0.15) is 5.10 Å². The van der Waals surface area contributed by atoms with E-state index in [1.807, 2.05) is 36.5 Å². The third-order valence-corrected chi connectivity index (χ3v) is 7.08. The van der Waals surface area contributed by atoms with Gasteiger partial charge in [0.1, 0.15) is 0 Å². The summed E-state index contributed by atoms with van der Waals surface area (Å²) in [6.45, 7) is 3.02. The number of pyridine rings is 1. The normalized spacial score (nSPS) is 19.8. The van der Waals surface area contributed by atoms with Gasteiger partial charge in [0, 0.05) is 48.4 Å². The quantitative estimate of drug-likeness (QED) is 0.578. The molecule has 2 fully saturated rings. The van der Waals surface area contributed by atoms with Gasteiger partial charge in [-0.05, 0) is 37.9 Å². The molecule has 2 aromatic heterocycles. The molecule has 1 aromatic carbocycles. The molecule has 1 atom stereocenters. The number of carbonyl (C=O) groups excluding carboxylic acids is 1. The fourth-order valence-electron chi connectivity index (χ4n) is 5.34. The third-order valence-electron chi connectivity index (χ3n) is 7.08. The summed E-state index contributed by atoms with van der Waals surface area (Å²) < 4.78 is 2.18. The van der Waals surface area contributed by atoms with Crippen molar-refractivity contribution in [3.63, 3.8) is 0 Å². The predicted octanol–water partition coefficient (Wildman–Crippen LogP) is 3.65. The van der Waals surface area contributed by atoms with Gasteiger partial charge in [0.15, 0.2) is 0 Å². The number of nitrogens with zero attached hydrogens (tertiary/aromatic N) is 4. The van der Waals surface area contributed by atoms with E-state index in [4.69, 9.17) is 10.1 Å². The Kier molecular flexibility index (Phi) is 6.69. The van der Waals surface area contributed by atoms with Crippen LogP contribution in [0, 0.1) is 0 Å². The maximum absolute atomic E-state index is 12.8. The molecule has 1 saturated carbocycles. The highest BCUT2D eigenvalue weighted by molar-refractivity contribution is 6.06. The Morgan fingerprint density at radius 2 is 2.00 bits per heavy atom. The first-order valence-corrected chi connectivity index (χ1v) is 12.3. The third kappa shape index (κ3) is 4.94. The number of hydrogen-bond donors (Lipinski definition) is 2. The first kappa shape index (κ1) is 22.0. The number of para-hydroxylation sites is 1. The highest BCUT2D eigenvalue weighted by Crippen LogP contribution is 2.31. The zero-order valence-corrected chi connectivity index (χ0v) is 19.1. The summed E-state index contributed by atoms with van der Waals surface area (Å²) in [7, 11) is 0. The van der Waals surface area contributed by atoms with Crippen molar-refractivity contribution in [2.45, 2.75) is 57.0 Å². The Labute approximate surface area is 194 Å². The number of rotatable bonds is 7. The first-order valence-electron chi connectivity index (χ1n) is 12.3. The number of aromatic nitrogens is 3. The van der Waals surface area contributed by atoms with Crippen molar-refractivity contribution in [3.8, 4) is 0 Å². The predicted molar refractivity (Wildman–Crippen MR) is 128 cm³/mol. The second kappa shape index (κ2) is 10.0. The number of hydrogen-bond acceptors (Lipinski definition) is 5.